The number of fused-ring (bicyclic) bond motifs is 2. The molecule has 2 saturated heterocycles. The molecule has 0 bridgehead atoms. The van der Waals surface area contributed by atoms with Crippen molar-refractivity contribution in [2.75, 3.05) is 78.9 Å². The Labute approximate surface area is 596 Å². The van der Waals surface area contributed by atoms with Crippen molar-refractivity contribution in [3.05, 3.63) is 210 Å². The number of nitrogens with one attached hydrogen (secondary N) is 6. The van der Waals surface area contributed by atoms with Crippen molar-refractivity contribution in [1.82, 2.24) is 24.8 Å². The minimum Gasteiger partial charge on any atom is -0.399 e. The fourth-order valence-electron chi connectivity index (χ4n) is 10.5. The number of rotatable bonds is 11. The van der Waals surface area contributed by atoms with Crippen LogP contribution >= 0.6 is 59.4 Å². The van der Waals surface area contributed by atoms with Gasteiger partial charge in [-0.3, -0.25) is 29.5 Å². The molecule has 16 nitrogen and oxygen atoms in total. The van der Waals surface area contributed by atoms with Crippen LogP contribution < -0.4 is 43.1 Å². The van der Waals surface area contributed by atoms with E-state index in [-0.39, 0.29) is 30.3 Å². The molecule has 0 saturated carbocycles. The molecule has 8 aromatic carbocycles. The Balaban J connectivity index is 0.000000171. The quantitative estimate of drug-likeness (QED) is 0.0366. The van der Waals surface area contributed by atoms with Gasteiger partial charge >= 0.3 is 7.12 Å². The van der Waals surface area contributed by atoms with Gasteiger partial charge in [-0.15, -0.1) is 0 Å². The van der Waals surface area contributed by atoms with Gasteiger partial charge in [0.1, 0.15) is 0 Å². The van der Waals surface area contributed by atoms with Crippen molar-refractivity contribution in [3.8, 4) is 22.3 Å². The first kappa shape index (κ1) is 75.3. The lowest BCUT2D eigenvalue weighted by Gasteiger charge is -2.32. The number of halogens is 4. The first-order chi connectivity index (χ1) is 45.7. The predicted molar refractivity (Wildman–Crippen MR) is 415 cm³/mol. The third kappa shape index (κ3) is 20.2. The van der Waals surface area contributed by atoms with E-state index in [1.807, 2.05) is 108 Å². The lowest BCUT2D eigenvalue weighted by Crippen LogP contribution is -2.41. The number of amides is 2. The number of nitrogen functional groups attached to an aromatic ring is 1. The van der Waals surface area contributed by atoms with E-state index in [2.05, 4.69) is 228 Å². The molecular formula is C75H87BBr3ClN12O4. The summed E-state index contributed by atoms with van der Waals surface area (Å²) in [5.74, 6) is 0.133. The molecule has 2 fully saturated rings. The number of anilines is 7. The number of nitrogens with two attached hydrogens (primary N) is 1. The predicted octanol–water partition coefficient (Wildman–Crippen LogP) is 17.8. The summed E-state index contributed by atoms with van der Waals surface area (Å²) in [4.78, 5) is 41.5. The van der Waals surface area contributed by atoms with E-state index in [4.69, 9.17) is 26.6 Å². The Kier molecular flexibility index (Phi) is 27.2. The standard InChI is InChI=1S/C22H25N5O.C16H14ClN3.C14H22BNO2.C8H8BrNO.C8H10BrN.C7H8BrN/c1-14-4-5-16(10-20(14)23-3)19-11-18(12-21-22(19)25-8-7-24-21)26-17-6-9-27(13-17)15(2)28;1-10-3-4-11(7-14(10)18-2)13-8-12(17)9-15-16(13)20-6-5-19-15;1-10-7-8-11(9-12(10)16-6)15-17-13(2,3)14(4,5)18-15;1-6-2-3-7(9)4-8(6)10-5-11;1-6-3-4-7(9)5-8(6)10-2;1-5-2-3-6(8)4-7(5)9/h4-5,7-8,10-12,17,23,26H,6,9,13H2,1-3H3;3-9,18H,1-2H3;7-9,16H,1-6H3;2-5H,1H3,(H,10,11);3-5,10H,1-2H3;2-4H,9H2,1H3/t17-;;;;;/m0...../s1. The maximum Gasteiger partial charge on any atom is 0.494 e. The highest BCUT2D eigenvalue weighted by Crippen LogP contribution is 2.38. The zero-order chi connectivity index (χ0) is 70.0. The summed E-state index contributed by atoms with van der Waals surface area (Å²) in [7, 11) is 7.42. The fourth-order valence-corrected chi connectivity index (χ4v) is 11.8. The second-order valence-electron chi connectivity index (χ2n) is 24.3. The molecule has 12 rings (SSSR count). The van der Waals surface area contributed by atoms with Crippen LogP contribution in [0.4, 0.5) is 39.8 Å². The molecule has 2 aliphatic rings. The maximum absolute atomic E-state index is 11.6. The molecule has 21 heteroatoms. The van der Waals surface area contributed by atoms with Crippen LogP contribution in [0.3, 0.4) is 0 Å². The monoisotopic (exact) mass is 1500 g/mol. The highest BCUT2D eigenvalue weighted by molar-refractivity contribution is 9.11. The van der Waals surface area contributed by atoms with E-state index in [1.54, 1.807) is 31.7 Å². The largest absolute Gasteiger partial charge is 0.494 e. The smallest absolute Gasteiger partial charge is 0.399 e. The summed E-state index contributed by atoms with van der Waals surface area (Å²) in [5.41, 5.74) is 27.9. The van der Waals surface area contributed by atoms with Gasteiger partial charge in [0, 0.05) is 148 Å². The molecule has 2 amide bonds. The minimum absolute atomic E-state index is 0.133. The molecule has 0 unspecified atom stereocenters. The summed E-state index contributed by atoms with van der Waals surface area (Å²) >= 11 is 16.2. The van der Waals surface area contributed by atoms with Crippen molar-refractivity contribution in [3.63, 3.8) is 0 Å². The summed E-state index contributed by atoms with van der Waals surface area (Å²) < 4.78 is 15.2. The van der Waals surface area contributed by atoms with Gasteiger partial charge in [-0.05, 0) is 204 Å². The number of hydrogen-bond donors (Lipinski definition) is 7. The van der Waals surface area contributed by atoms with E-state index >= 15 is 0 Å². The van der Waals surface area contributed by atoms with Gasteiger partial charge in [-0.1, -0.05) is 114 Å². The normalized spacial score (nSPS) is 13.9. The molecule has 0 spiro atoms. The number of aromatic nitrogens is 4. The van der Waals surface area contributed by atoms with E-state index in [1.165, 1.54) is 27.9 Å². The topological polar surface area (TPSA) is 206 Å². The lowest BCUT2D eigenvalue weighted by molar-refractivity contribution is -0.127. The number of nitrogens with zero attached hydrogens (tertiary/aromatic N) is 5. The summed E-state index contributed by atoms with van der Waals surface area (Å²) in [6, 6.07) is 44.9. The van der Waals surface area contributed by atoms with Crippen molar-refractivity contribution in [2.45, 2.75) is 99.8 Å². The third-order valence-electron chi connectivity index (χ3n) is 16.9. The molecule has 1 atom stereocenters. The van der Waals surface area contributed by atoms with Crippen LogP contribution in [0.15, 0.2) is 172 Å². The van der Waals surface area contributed by atoms with Crippen molar-refractivity contribution in [2.24, 2.45) is 0 Å². The maximum atomic E-state index is 11.6. The van der Waals surface area contributed by atoms with E-state index < -0.39 is 0 Å². The molecule has 502 valence electrons. The molecule has 0 aliphatic carbocycles. The Bertz CT molecular complexity index is 4320. The van der Waals surface area contributed by atoms with Crippen LogP contribution in [0.2, 0.25) is 5.02 Å². The zero-order valence-corrected chi connectivity index (χ0v) is 62.8. The molecule has 2 aromatic heterocycles. The molecule has 10 aromatic rings. The van der Waals surface area contributed by atoms with Gasteiger partial charge in [-0.25, -0.2) is 0 Å². The van der Waals surface area contributed by atoms with Crippen LogP contribution in [0, 0.1) is 41.5 Å². The highest BCUT2D eigenvalue weighted by Gasteiger charge is 2.51. The Morgan fingerprint density at radius 1 is 0.562 bits per heavy atom. The van der Waals surface area contributed by atoms with Crippen LogP contribution in [0.1, 0.15) is 74.4 Å². The van der Waals surface area contributed by atoms with E-state index in [0.29, 0.717) is 11.4 Å². The van der Waals surface area contributed by atoms with Crippen molar-refractivity contribution < 1.29 is 18.9 Å². The first-order valence-electron chi connectivity index (χ1n) is 31.5. The summed E-state index contributed by atoms with van der Waals surface area (Å²) in [6.07, 6.45) is 8.45. The van der Waals surface area contributed by atoms with Crippen LogP contribution in [0.25, 0.3) is 44.3 Å². The Morgan fingerprint density at radius 2 is 0.990 bits per heavy atom. The van der Waals surface area contributed by atoms with E-state index in [9.17, 15) is 9.59 Å². The number of hydrogen-bond acceptors (Lipinski definition) is 14. The molecular weight excluding hydrogens is 1420 g/mol. The van der Waals surface area contributed by atoms with Crippen LogP contribution in [-0.4, -0.2) is 103 Å². The van der Waals surface area contributed by atoms with Crippen molar-refractivity contribution >= 4 is 146 Å². The Morgan fingerprint density at radius 3 is 1.46 bits per heavy atom. The van der Waals surface area contributed by atoms with Gasteiger partial charge in [0.15, 0.2) is 0 Å². The average molecular weight is 1510 g/mol. The van der Waals surface area contributed by atoms with Gasteiger partial charge < -0.3 is 51.8 Å². The van der Waals surface area contributed by atoms with Crippen molar-refractivity contribution in [1.29, 1.82) is 0 Å². The highest BCUT2D eigenvalue weighted by atomic mass is 79.9. The van der Waals surface area contributed by atoms with Crippen LogP contribution in [-0.2, 0) is 18.9 Å². The Hall–Kier alpha value is -8.11. The second-order valence-corrected chi connectivity index (χ2v) is 27.5. The number of likely N-dealkylation sites (tertiary alicyclic amines) is 1. The average Bonchev–Trinajstić information content (AvgIpc) is 1.56. The zero-order valence-electron chi connectivity index (χ0n) is 57.3. The SMILES string of the molecule is CNc1cc(-c2cc(Cl)cc3nccnc23)ccc1C.CNc1cc(-c2cc(N[C@H]3CCN(C(C)=O)C3)cc3nccnc23)ccc1C.CNc1cc(B2OC(C)(C)C(C)(C)O2)ccc1C.CNc1cc(Br)ccc1C.Cc1ccc(Br)cc1N.Cc1ccc(Br)cc1NC=O. The van der Waals surface area contributed by atoms with Crippen LogP contribution in [0.5, 0.6) is 0 Å². The molecule has 2 aliphatic heterocycles. The molecule has 4 heterocycles. The summed E-state index contributed by atoms with van der Waals surface area (Å²) in [5, 5.41) is 19.6. The number of carbonyl (C=O) groups is 2. The van der Waals surface area contributed by atoms with Gasteiger partial charge in [0.2, 0.25) is 12.3 Å². The summed E-state index contributed by atoms with van der Waals surface area (Å²) in [6.45, 7) is 23.7. The van der Waals surface area contributed by atoms with Gasteiger partial charge in [-0.2, -0.15) is 0 Å². The molecule has 8 N–H and O–H groups in total. The van der Waals surface area contributed by atoms with Gasteiger partial charge in [0.05, 0.1) is 33.3 Å². The lowest BCUT2D eigenvalue weighted by atomic mass is 9.78. The first-order valence-corrected chi connectivity index (χ1v) is 34.2. The number of aryl methyl sites for hydroxylation is 6. The third-order valence-corrected chi connectivity index (χ3v) is 18.6. The molecule has 0 radical (unpaired) electrons. The number of carbonyl (C=O) groups excluding carboxylic acids is 2. The van der Waals surface area contributed by atoms with Gasteiger partial charge in [0.25, 0.3) is 0 Å². The number of benzene rings is 8. The minimum atomic E-state index is -0.289. The molecule has 96 heavy (non-hydrogen) atoms. The fraction of sp³-hybridized carbons (Fsp3) is 0.280. The van der Waals surface area contributed by atoms with E-state index in [0.717, 1.165) is 128 Å². The second kappa shape index (κ2) is 34.7.